The van der Waals surface area contributed by atoms with E-state index in [9.17, 15) is 14.9 Å². The summed E-state index contributed by atoms with van der Waals surface area (Å²) in [5.74, 6) is -0.420. The molecule has 0 spiro atoms. The second-order valence-electron chi connectivity index (χ2n) is 8.40. The zero-order valence-electron chi connectivity index (χ0n) is 19.5. The lowest BCUT2D eigenvalue weighted by atomic mass is 10.2. The van der Waals surface area contributed by atoms with Crippen LogP contribution in [-0.2, 0) is 4.74 Å². The molecule has 2 heterocycles. The monoisotopic (exact) mass is 532 g/mol. The first-order valence-corrected chi connectivity index (χ1v) is 12.1. The van der Waals surface area contributed by atoms with E-state index < -0.39 is 16.8 Å². The van der Waals surface area contributed by atoms with Crippen molar-refractivity contribution in [2.24, 2.45) is 0 Å². The van der Waals surface area contributed by atoms with Crippen LogP contribution in [0.4, 0.5) is 31.9 Å². The molecule has 10 nitrogen and oxygen atoms in total. The number of nitro groups is 1. The summed E-state index contributed by atoms with van der Waals surface area (Å²) in [5, 5.41) is 17.4. The van der Waals surface area contributed by atoms with Crippen LogP contribution in [0.3, 0.4) is 0 Å². The third-order valence-electron chi connectivity index (χ3n) is 5.93. The lowest BCUT2D eigenvalue weighted by molar-refractivity contribution is -0.384. The predicted molar refractivity (Wildman–Crippen MR) is 143 cm³/mol. The highest BCUT2D eigenvalue weighted by Gasteiger charge is 2.33. The first-order valence-electron chi connectivity index (χ1n) is 11.3. The molecule has 4 rings (SSSR count). The molecule has 0 aliphatic carbocycles. The van der Waals surface area contributed by atoms with Gasteiger partial charge in [0.15, 0.2) is 5.11 Å². The molecular formula is C23H25FN6O4S2. The molecule has 2 N–H and O–H groups in total. The van der Waals surface area contributed by atoms with Gasteiger partial charge >= 0.3 is 6.09 Å². The van der Waals surface area contributed by atoms with Gasteiger partial charge < -0.3 is 25.2 Å². The molecule has 0 aromatic heterocycles. The summed E-state index contributed by atoms with van der Waals surface area (Å²) in [7, 11) is 0. The van der Waals surface area contributed by atoms with Crippen LogP contribution < -0.4 is 20.4 Å². The van der Waals surface area contributed by atoms with Crippen LogP contribution >= 0.6 is 24.4 Å². The van der Waals surface area contributed by atoms with Crippen molar-refractivity contribution in [3.63, 3.8) is 0 Å². The van der Waals surface area contributed by atoms with Crippen molar-refractivity contribution in [2.75, 3.05) is 54.4 Å². The summed E-state index contributed by atoms with van der Waals surface area (Å²) in [6.07, 6.45) is -0.881. The number of thiocarbonyl (C=S) groups is 2. The molecule has 2 aromatic carbocycles. The van der Waals surface area contributed by atoms with Gasteiger partial charge in [0.1, 0.15) is 11.9 Å². The topological polar surface area (TPSA) is 103 Å². The fourth-order valence-corrected chi connectivity index (χ4v) is 4.42. The van der Waals surface area contributed by atoms with Crippen LogP contribution in [0.1, 0.15) is 6.92 Å². The average molecular weight is 533 g/mol. The van der Waals surface area contributed by atoms with Gasteiger partial charge in [-0.25, -0.2) is 9.18 Å². The van der Waals surface area contributed by atoms with Crippen molar-refractivity contribution in [1.82, 2.24) is 10.2 Å². The molecule has 2 fully saturated rings. The Hall–Kier alpha value is -3.58. The lowest BCUT2D eigenvalue weighted by Gasteiger charge is -2.37. The second kappa shape index (κ2) is 11.0. The Kier molecular flexibility index (Phi) is 7.79. The number of anilines is 3. The molecule has 0 radical (unpaired) electrons. The van der Waals surface area contributed by atoms with Gasteiger partial charge in [-0.2, -0.15) is 0 Å². The maximum absolute atomic E-state index is 15.0. The third-order valence-corrected chi connectivity index (χ3v) is 6.44. The summed E-state index contributed by atoms with van der Waals surface area (Å²) in [6.45, 7) is 4.72. The van der Waals surface area contributed by atoms with Crippen molar-refractivity contribution in [1.29, 1.82) is 0 Å². The van der Waals surface area contributed by atoms with Crippen molar-refractivity contribution in [2.45, 2.75) is 13.0 Å². The van der Waals surface area contributed by atoms with E-state index in [0.717, 1.165) is 0 Å². The van der Waals surface area contributed by atoms with Crippen molar-refractivity contribution in [3.8, 4) is 0 Å². The molecule has 2 aliphatic rings. The molecule has 36 heavy (non-hydrogen) atoms. The van der Waals surface area contributed by atoms with Crippen LogP contribution in [0.5, 0.6) is 0 Å². The number of halogens is 1. The maximum atomic E-state index is 15.0. The van der Waals surface area contributed by atoms with Crippen LogP contribution in [0.2, 0.25) is 0 Å². The standard InChI is InChI=1S/C23H25FN6O4S2/c1-15(35)25-13-19-14-29(23(31)34-19)18-6-7-21(20(24)12-18)27-8-10-28(11-9-27)22(36)26-16-2-4-17(5-3-16)30(32)33/h2-7,12,19H,8-11,13-14H2,1H3,(H,25,35)(H,26,36)/t19-/m0/s1. The molecule has 1 amide bonds. The number of piperazine rings is 1. The minimum Gasteiger partial charge on any atom is -0.442 e. The Bertz CT molecular complexity index is 1170. The van der Waals surface area contributed by atoms with E-state index in [2.05, 4.69) is 10.6 Å². The molecule has 2 saturated heterocycles. The summed E-state index contributed by atoms with van der Waals surface area (Å²) in [6, 6.07) is 10.8. The number of rotatable bonds is 6. The molecular weight excluding hydrogens is 507 g/mol. The summed E-state index contributed by atoms with van der Waals surface area (Å²) < 4.78 is 20.4. The normalized spacial score (nSPS) is 17.6. The molecule has 190 valence electrons. The molecule has 1 atom stereocenters. The summed E-state index contributed by atoms with van der Waals surface area (Å²) in [4.78, 5) is 28.5. The van der Waals surface area contributed by atoms with E-state index in [4.69, 9.17) is 29.2 Å². The zero-order chi connectivity index (χ0) is 25.8. The fourth-order valence-electron chi connectivity index (χ4n) is 4.04. The maximum Gasteiger partial charge on any atom is 0.414 e. The van der Waals surface area contributed by atoms with E-state index in [0.29, 0.717) is 66.4 Å². The van der Waals surface area contributed by atoms with Gasteiger partial charge in [0, 0.05) is 44.0 Å². The SMILES string of the molecule is CC(=S)NC[C@H]1CN(c2ccc(N3CCN(C(=S)Nc4ccc([N+](=O)[O-])cc4)CC3)c(F)c2)C(=O)O1. The number of benzene rings is 2. The zero-order valence-corrected chi connectivity index (χ0v) is 21.1. The van der Waals surface area contributed by atoms with Gasteiger partial charge in [-0.05, 0) is 49.5 Å². The number of cyclic esters (lactones) is 1. The number of amides is 1. The number of nitro benzene ring substituents is 1. The quantitative estimate of drug-likeness (QED) is 0.326. The Labute approximate surface area is 218 Å². The summed E-state index contributed by atoms with van der Waals surface area (Å²) in [5.41, 5.74) is 1.56. The van der Waals surface area contributed by atoms with E-state index in [1.54, 1.807) is 31.2 Å². The van der Waals surface area contributed by atoms with E-state index in [1.807, 2.05) is 9.80 Å². The number of hydrogen-bond donors (Lipinski definition) is 2. The lowest BCUT2D eigenvalue weighted by Crippen LogP contribution is -2.50. The van der Waals surface area contributed by atoms with E-state index in [1.165, 1.54) is 23.1 Å². The predicted octanol–water partition coefficient (Wildman–Crippen LogP) is 3.52. The van der Waals surface area contributed by atoms with E-state index >= 15 is 4.39 Å². The smallest absolute Gasteiger partial charge is 0.414 e. The second-order valence-corrected chi connectivity index (χ2v) is 9.40. The summed E-state index contributed by atoms with van der Waals surface area (Å²) >= 11 is 10.5. The fraction of sp³-hybridized carbons (Fsp3) is 0.348. The van der Waals surface area contributed by atoms with Gasteiger partial charge in [-0.3, -0.25) is 15.0 Å². The van der Waals surface area contributed by atoms with Crippen molar-refractivity contribution in [3.05, 3.63) is 58.4 Å². The number of carbonyl (C=O) groups excluding carboxylic acids is 1. The largest absolute Gasteiger partial charge is 0.442 e. The van der Waals surface area contributed by atoms with E-state index in [-0.39, 0.29) is 11.8 Å². The number of ether oxygens (including phenoxy) is 1. The molecule has 13 heteroatoms. The van der Waals surface area contributed by atoms with Crippen LogP contribution in [0.15, 0.2) is 42.5 Å². The van der Waals surface area contributed by atoms with Crippen molar-refractivity contribution >= 4 is 63.4 Å². The highest BCUT2D eigenvalue weighted by atomic mass is 32.1. The van der Waals surface area contributed by atoms with Gasteiger partial charge in [0.2, 0.25) is 0 Å². The third kappa shape index (κ3) is 5.97. The molecule has 0 unspecified atom stereocenters. The Morgan fingerprint density at radius 1 is 1.17 bits per heavy atom. The first kappa shape index (κ1) is 25.5. The molecule has 0 saturated carbocycles. The average Bonchev–Trinajstić information content (AvgIpc) is 3.23. The minimum atomic E-state index is -0.515. The first-order chi connectivity index (χ1) is 17.2. The highest BCUT2D eigenvalue weighted by molar-refractivity contribution is 7.80. The van der Waals surface area contributed by atoms with Crippen LogP contribution in [0.25, 0.3) is 0 Å². The van der Waals surface area contributed by atoms with Gasteiger partial charge in [-0.1, -0.05) is 12.2 Å². The molecule has 2 aromatic rings. The van der Waals surface area contributed by atoms with Crippen LogP contribution in [0, 0.1) is 15.9 Å². The van der Waals surface area contributed by atoms with Gasteiger partial charge in [0.05, 0.1) is 34.4 Å². The van der Waals surface area contributed by atoms with Crippen LogP contribution in [-0.4, -0.2) is 71.4 Å². The Morgan fingerprint density at radius 3 is 2.47 bits per heavy atom. The number of hydrogen-bond acceptors (Lipinski definition) is 7. The van der Waals surface area contributed by atoms with Gasteiger partial charge in [0.25, 0.3) is 5.69 Å². The Morgan fingerprint density at radius 2 is 1.86 bits per heavy atom. The van der Waals surface area contributed by atoms with Crippen molar-refractivity contribution < 1.29 is 18.8 Å². The minimum absolute atomic E-state index is 0.00715. The number of carbonyl (C=O) groups is 1. The Balaban J connectivity index is 1.32. The molecule has 2 aliphatic heterocycles. The highest BCUT2D eigenvalue weighted by Crippen LogP contribution is 2.28. The number of nitrogens with zero attached hydrogens (tertiary/aromatic N) is 4. The number of nitrogens with one attached hydrogen (secondary N) is 2. The number of non-ortho nitro benzene ring substituents is 1. The molecule has 0 bridgehead atoms. The van der Waals surface area contributed by atoms with Gasteiger partial charge in [-0.15, -0.1) is 0 Å².